The molecule has 0 aliphatic heterocycles. The first-order chi connectivity index (χ1) is 9.24. The first-order valence-electron chi connectivity index (χ1n) is 6.19. The highest BCUT2D eigenvalue weighted by molar-refractivity contribution is 5.78. The standard InChI is InChI=1S/C14H16N4O.2BrH/c1-2-14(18-9-5-13(15)6-10-18)17-7-3-12(4-8-17)11-16-19;;/h3-11,14-15H,2H2,1H3;2*1H. The van der Waals surface area contributed by atoms with Crippen molar-refractivity contribution in [2.24, 2.45) is 5.16 Å². The Labute approximate surface area is 145 Å². The number of hydrogen-bond donors (Lipinski definition) is 2. The van der Waals surface area contributed by atoms with Crippen LogP contribution in [0.1, 0.15) is 25.1 Å². The molecule has 7 heteroatoms. The highest BCUT2D eigenvalue weighted by Crippen LogP contribution is 2.01. The van der Waals surface area contributed by atoms with Crippen LogP contribution in [0.2, 0.25) is 0 Å². The second-order valence-corrected chi connectivity index (χ2v) is 4.29. The quantitative estimate of drug-likeness (QED) is 0.227. The molecule has 0 spiro atoms. The Balaban J connectivity index is 0.00000200. The van der Waals surface area contributed by atoms with Gasteiger partial charge in [-0.2, -0.15) is 0 Å². The Morgan fingerprint density at radius 1 is 1.10 bits per heavy atom. The fourth-order valence-corrected chi connectivity index (χ4v) is 2.02. The van der Waals surface area contributed by atoms with E-state index in [0.717, 1.165) is 17.7 Å². The molecule has 0 aromatic carbocycles. The summed E-state index contributed by atoms with van der Waals surface area (Å²) in [6, 6.07) is 7.58. The van der Waals surface area contributed by atoms with Crippen molar-refractivity contribution in [3.63, 3.8) is 0 Å². The van der Waals surface area contributed by atoms with Gasteiger partial charge in [0.1, 0.15) is 0 Å². The van der Waals surface area contributed by atoms with Crippen LogP contribution in [0.5, 0.6) is 0 Å². The van der Waals surface area contributed by atoms with Crippen LogP contribution in [0, 0.1) is 0 Å². The van der Waals surface area contributed by atoms with Crippen LogP contribution in [0.4, 0.5) is 5.69 Å². The molecule has 2 aromatic rings. The van der Waals surface area contributed by atoms with Gasteiger partial charge in [-0.1, -0.05) is 12.1 Å². The van der Waals surface area contributed by atoms with Crippen LogP contribution in [0.25, 0.3) is 0 Å². The molecule has 0 fully saturated rings. The maximum atomic E-state index is 8.50. The average molecular weight is 418 g/mol. The number of rotatable bonds is 4. The maximum absolute atomic E-state index is 8.50. The lowest BCUT2D eigenvalue weighted by molar-refractivity contribution is -0.945. The molecule has 5 nitrogen and oxygen atoms in total. The Hall–Kier alpha value is -1.47. The third-order valence-electron chi connectivity index (χ3n) is 3.02. The molecule has 1 atom stereocenters. The van der Waals surface area contributed by atoms with Crippen molar-refractivity contribution in [2.75, 3.05) is 5.73 Å². The maximum Gasteiger partial charge on any atom is 0.351 e. The van der Waals surface area contributed by atoms with Gasteiger partial charge in [-0.15, -0.1) is 9.13 Å². The second kappa shape index (κ2) is 9.46. The summed E-state index contributed by atoms with van der Waals surface area (Å²) in [7, 11) is 0. The van der Waals surface area contributed by atoms with Crippen molar-refractivity contribution < 1.29 is 48.3 Å². The Bertz CT molecular complexity index is 558. The molecule has 0 saturated carbocycles. The molecule has 2 aromatic heterocycles. The van der Waals surface area contributed by atoms with Gasteiger partial charge in [0.05, 0.1) is 12.6 Å². The van der Waals surface area contributed by atoms with Crippen LogP contribution < -0.4 is 48.8 Å². The summed E-state index contributed by atoms with van der Waals surface area (Å²) in [6.07, 6.45) is 10.4. The predicted octanol–water partition coefficient (Wildman–Crippen LogP) is -4.88. The summed E-state index contributed by atoms with van der Waals surface area (Å²) >= 11 is 0. The van der Waals surface area contributed by atoms with Gasteiger partial charge in [0, 0.05) is 35.5 Å². The Morgan fingerprint density at radius 3 is 2.00 bits per heavy atom. The minimum Gasteiger partial charge on any atom is -1.00 e. The number of oxime groups is 1. The van der Waals surface area contributed by atoms with Gasteiger partial charge in [0.2, 0.25) is 0 Å². The van der Waals surface area contributed by atoms with E-state index in [4.69, 9.17) is 10.9 Å². The number of aromatic nitrogens is 2. The van der Waals surface area contributed by atoms with Crippen molar-refractivity contribution >= 4 is 11.9 Å². The first kappa shape index (κ1) is 19.5. The summed E-state index contributed by atoms with van der Waals surface area (Å²) in [5.41, 5.74) is 7.31. The zero-order valence-corrected chi connectivity index (χ0v) is 14.8. The van der Waals surface area contributed by atoms with Crippen LogP contribution in [-0.2, 0) is 0 Å². The van der Waals surface area contributed by atoms with Gasteiger partial charge < -0.3 is 44.9 Å². The molecule has 0 aliphatic carbocycles. The largest absolute Gasteiger partial charge is 1.00 e. The van der Waals surface area contributed by atoms with E-state index in [1.165, 1.54) is 6.21 Å². The van der Waals surface area contributed by atoms with E-state index >= 15 is 0 Å². The number of pyridine rings is 2. The molecular weight excluding hydrogens is 400 g/mol. The van der Waals surface area contributed by atoms with Crippen molar-refractivity contribution in [3.8, 4) is 0 Å². The minimum absolute atomic E-state index is 0. The molecule has 3 N–H and O–H groups in total. The zero-order valence-electron chi connectivity index (χ0n) is 11.6. The summed E-state index contributed by atoms with van der Waals surface area (Å²) in [6.45, 7) is 2.13. The fraction of sp³-hybridized carbons (Fsp3) is 0.214. The van der Waals surface area contributed by atoms with Gasteiger partial charge >= 0.3 is 6.17 Å². The molecule has 0 saturated heterocycles. The van der Waals surface area contributed by atoms with E-state index in [-0.39, 0.29) is 40.1 Å². The Kier molecular flexibility index (Phi) is 8.80. The summed E-state index contributed by atoms with van der Waals surface area (Å²) in [5, 5.41) is 11.5. The van der Waals surface area contributed by atoms with E-state index in [1.54, 1.807) is 0 Å². The molecule has 0 amide bonds. The fourth-order valence-electron chi connectivity index (χ4n) is 2.02. The molecule has 0 aliphatic rings. The van der Waals surface area contributed by atoms with Crippen LogP contribution in [-0.4, -0.2) is 11.4 Å². The minimum atomic E-state index is 0. The lowest BCUT2D eigenvalue weighted by Gasteiger charge is -2.06. The molecule has 1 unspecified atom stereocenters. The van der Waals surface area contributed by atoms with Gasteiger partial charge in [0.25, 0.3) is 0 Å². The second-order valence-electron chi connectivity index (χ2n) is 4.29. The monoisotopic (exact) mass is 416 g/mol. The summed E-state index contributed by atoms with van der Waals surface area (Å²) in [5.74, 6) is 0. The molecular formula is C14H18Br2N4O. The number of halogens is 2. The van der Waals surface area contributed by atoms with E-state index in [9.17, 15) is 0 Å². The first-order valence-corrected chi connectivity index (χ1v) is 6.19. The van der Waals surface area contributed by atoms with Crippen LogP contribution in [0.15, 0.2) is 54.2 Å². The van der Waals surface area contributed by atoms with Gasteiger partial charge in [-0.25, -0.2) is 0 Å². The van der Waals surface area contributed by atoms with Crippen molar-refractivity contribution in [1.29, 1.82) is 0 Å². The molecule has 0 bridgehead atoms. The van der Waals surface area contributed by atoms with Crippen LogP contribution >= 0.6 is 0 Å². The topological polar surface area (TPSA) is 66.4 Å². The molecule has 2 heterocycles. The molecule has 114 valence electrons. The van der Waals surface area contributed by atoms with Crippen LogP contribution in [0.3, 0.4) is 0 Å². The number of nitrogens with two attached hydrogens (primary N) is 1. The number of anilines is 1. The van der Waals surface area contributed by atoms with E-state index < -0.39 is 0 Å². The molecule has 0 radical (unpaired) electrons. The van der Waals surface area contributed by atoms with E-state index in [1.807, 2.05) is 49.1 Å². The molecule has 2 rings (SSSR count). The third kappa shape index (κ3) is 5.09. The smallest absolute Gasteiger partial charge is 0.351 e. The SMILES string of the molecule is CCC([n+]1ccc(N)cc1)[n+]1ccc(/C=N\O)cc1.[Br-].[Br-]. The van der Waals surface area contributed by atoms with E-state index in [2.05, 4.69) is 21.2 Å². The van der Waals surface area contributed by atoms with Crippen molar-refractivity contribution in [1.82, 2.24) is 0 Å². The highest BCUT2D eigenvalue weighted by atomic mass is 79.9. The highest BCUT2D eigenvalue weighted by Gasteiger charge is 2.24. The third-order valence-corrected chi connectivity index (χ3v) is 3.02. The van der Waals surface area contributed by atoms with Gasteiger partial charge in [-0.3, -0.25) is 0 Å². The number of hydrogen-bond acceptors (Lipinski definition) is 3. The number of nitrogens with zero attached hydrogens (tertiary/aromatic N) is 3. The van der Waals surface area contributed by atoms with Crippen molar-refractivity contribution in [3.05, 3.63) is 54.6 Å². The average Bonchev–Trinajstić information content (AvgIpc) is 2.44. The molecule has 21 heavy (non-hydrogen) atoms. The van der Waals surface area contributed by atoms with Crippen molar-refractivity contribution in [2.45, 2.75) is 19.5 Å². The summed E-state index contributed by atoms with van der Waals surface area (Å²) < 4.78 is 4.21. The number of nitrogen functional groups attached to an aromatic ring is 1. The predicted molar refractivity (Wildman–Crippen MR) is 71.8 cm³/mol. The van der Waals surface area contributed by atoms with E-state index in [0.29, 0.717) is 0 Å². The zero-order chi connectivity index (χ0) is 13.7. The Morgan fingerprint density at radius 2 is 1.57 bits per heavy atom. The normalized spacial score (nSPS) is 11.5. The van der Waals surface area contributed by atoms with Gasteiger partial charge in [-0.05, 0) is 0 Å². The van der Waals surface area contributed by atoms with Gasteiger partial charge in [0.15, 0.2) is 24.8 Å². The lowest BCUT2D eigenvalue weighted by atomic mass is 10.2. The lowest BCUT2D eigenvalue weighted by Crippen LogP contribution is -3.00. The summed E-state index contributed by atoms with van der Waals surface area (Å²) in [4.78, 5) is 0.